The Morgan fingerprint density at radius 2 is 2.12 bits per heavy atom. The van der Waals surface area contributed by atoms with Crippen LogP contribution < -0.4 is 4.74 Å². The highest BCUT2D eigenvalue weighted by Crippen LogP contribution is 2.35. The maximum absolute atomic E-state index is 12.7. The summed E-state index contributed by atoms with van der Waals surface area (Å²) in [6.45, 7) is 3.66. The molecular weight excluding hydrogens is 318 g/mol. The molecule has 0 saturated carbocycles. The number of aryl methyl sites for hydroxylation is 1. The lowest BCUT2D eigenvalue weighted by Gasteiger charge is -2.31. The second-order valence-electron chi connectivity index (χ2n) is 6.01. The van der Waals surface area contributed by atoms with E-state index in [1.54, 1.807) is 30.6 Å². The van der Waals surface area contributed by atoms with Crippen LogP contribution in [0.2, 0.25) is 0 Å². The summed E-state index contributed by atoms with van der Waals surface area (Å²) in [6.07, 6.45) is 4.10. The van der Waals surface area contributed by atoms with Crippen molar-refractivity contribution in [3.05, 3.63) is 59.9 Å². The summed E-state index contributed by atoms with van der Waals surface area (Å²) in [5.41, 5.74) is 0.713. The number of para-hydroxylation sites is 1. The predicted molar refractivity (Wildman–Crippen MR) is 94.0 cm³/mol. The zero-order chi connectivity index (χ0) is 17.9. The number of hydrazone groups is 1. The van der Waals surface area contributed by atoms with Gasteiger partial charge < -0.3 is 9.84 Å². The molecule has 6 nitrogen and oxygen atoms in total. The van der Waals surface area contributed by atoms with E-state index in [2.05, 4.69) is 10.1 Å². The first-order valence-electron chi connectivity index (χ1n) is 8.25. The molecular formula is C19H21N3O3. The van der Waals surface area contributed by atoms with Gasteiger partial charge in [-0.25, -0.2) is 0 Å². The standard InChI is InChI=1S/C19H21N3O3/c1-3-16-11-19(24,15-8-6-10-20-12-15)22(21-16)18(23)13-25-17-9-5-4-7-14(17)2/h4-10,12,24H,3,11,13H2,1-2H3/t19-/m1/s1. The number of rotatable bonds is 5. The van der Waals surface area contributed by atoms with Crippen LogP contribution in [0.1, 0.15) is 30.9 Å². The van der Waals surface area contributed by atoms with Crippen molar-refractivity contribution in [1.82, 2.24) is 9.99 Å². The van der Waals surface area contributed by atoms with Crippen LogP contribution in [0, 0.1) is 6.92 Å². The highest BCUT2D eigenvalue weighted by atomic mass is 16.5. The highest BCUT2D eigenvalue weighted by Gasteiger charge is 2.45. The number of hydrogen-bond acceptors (Lipinski definition) is 5. The minimum absolute atomic E-state index is 0.200. The zero-order valence-corrected chi connectivity index (χ0v) is 14.3. The van der Waals surface area contributed by atoms with E-state index in [9.17, 15) is 9.90 Å². The van der Waals surface area contributed by atoms with Crippen molar-refractivity contribution in [2.75, 3.05) is 6.61 Å². The first-order chi connectivity index (χ1) is 12.0. The monoisotopic (exact) mass is 339 g/mol. The molecule has 0 bridgehead atoms. The van der Waals surface area contributed by atoms with Crippen molar-refractivity contribution in [3.63, 3.8) is 0 Å². The number of benzene rings is 1. The van der Waals surface area contributed by atoms with Gasteiger partial charge in [-0.1, -0.05) is 31.2 Å². The Labute approximate surface area is 146 Å². The van der Waals surface area contributed by atoms with Gasteiger partial charge in [0.25, 0.3) is 5.91 Å². The highest BCUT2D eigenvalue weighted by molar-refractivity contribution is 5.91. The first-order valence-corrected chi connectivity index (χ1v) is 8.25. The second kappa shape index (κ2) is 7.03. The summed E-state index contributed by atoms with van der Waals surface area (Å²) in [7, 11) is 0. The lowest BCUT2D eigenvalue weighted by atomic mass is 9.98. The molecule has 0 fully saturated rings. The van der Waals surface area contributed by atoms with E-state index in [1.165, 1.54) is 0 Å². The third-order valence-electron chi connectivity index (χ3n) is 4.26. The number of nitrogens with zero attached hydrogens (tertiary/aromatic N) is 3. The van der Waals surface area contributed by atoms with Gasteiger partial charge >= 0.3 is 0 Å². The Bertz CT molecular complexity index is 792. The van der Waals surface area contributed by atoms with E-state index in [0.717, 1.165) is 16.3 Å². The fraction of sp³-hybridized carbons (Fsp3) is 0.316. The lowest BCUT2D eigenvalue weighted by Crippen LogP contribution is -2.45. The number of hydrogen-bond donors (Lipinski definition) is 1. The van der Waals surface area contributed by atoms with Crippen LogP contribution >= 0.6 is 0 Å². The SMILES string of the molecule is CCC1=NN(C(=O)COc2ccccc2C)[C@](O)(c2cccnc2)C1. The van der Waals surface area contributed by atoms with E-state index in [0.29, 0.717) is 17.7 Å². The average molecular weight is 339 g/mol. The fourth-order valence-corrected chi connectivity index (χ4v) is 2.82. The Kier molecular flexibility index (Phi) is 4.81. The van der Waals surface area contributed by atoms with Gasteiger partial charge in [-0.05, 0) is 31.0 Å². The van der Waals surface area contributed by atoms with Gasteiger partial charge in [-0.2, -0.15) is 10.1 Å². The average Bonchev–Trinajstić information content (AvgIpc) is 3.00. The molecule has 0 spiro atoms. The Balaban J connectivity index is 1.81. The molecule has 1 aromatic heterocycles. The molecule has 1 N–H and O–H groups in total. The summed E-state index contributed by atoms with van der Waals surface area (Å²) in [5.74, 6) is 0.234. The van der Waals surface area contributed by atoms with Crippen molar-refractivity contribution >= 4 is 11.6 Å². The predicted octanol–water partition coefficient (Wildman–Crippen LogP) is 2.61. The molecule has 2 heterocycles. The number of carbonyl (C=O) groups excluding carboxylic acids is 1. The maximum atomic E-state index is 12.7. The minimum atomic E-state index is -1.52. The topological polar surface area (TPSA) is 75.0 Å². The summed E-state index contributed by atoms with van der Waals surface area (Å²) >= 11 is 0. The molecule has 1 atom stereocenters. The summed E-state index contributed by atoms with van der Waals surface area (Å²) in [4.78, 5) is 16.7. The van der Waals surface area contributed by atoms with Crippen molar-refractivity contribution in [3.8, 4) is 5.75 Å². The Morgan fingerprint density at radius 1 is 1.32 bits per heavy atom. The van der Waals surface area contributed by atoms with Crippen LogP contribution in [-0.2, 0) is 10.5 Å². The van der Waals surface area contributed by atoms with Crippen LogP contribution in [0.3, 0.4) is 0 Å². The molecule has 0 saturated heterocycles. The first kappa shape index (κ1) is 17.1. The largest absolute Gasteiger partial charge is 0.483 e. The van der Waals surface area contributed by atoms with Crippen molar-refractivity contribution in [2.24, 2.45) is 5.10 Å². The Morgan fingerprint density at radius 3 is 2.80 bits per heavy atom. The molecule has 6 heteroatoms. The molecule has 25 heavy (non-hydrogen) atoms. The molecule has 0 unspecified atom stereocenters. The molecule has 3 rings (SSSR count). The molecule has 1 aliphatic rings. The number of carbonyl (C=O) groups is 1. The van der Waals surface area contributed by atoms with E-state index in [1.807, 2.05) is 32.0 Å². The van der Waals surface area contributed by atoms with Crippen LogP contribution in [0.4, 0.5) is 0 Å². The number of aromatic nitrogens is 1. The summed E-state index contributed by atoms with van der Waals surface area (Å²) in [5, 5.41) is 16.6. The van der Waals surface area contributed by atoms with E-state index in [-0.39, 0.29) is 13.0 Å². The van der Waals surface area contributed by atoms with E-state index < -0.39 is 11.6 Å². The zero-order valence-electron chi connectivity index (χ0n) is 14.3. The number of amides is 1. The molecule has 1 amide bonds. The molecule has 1 aromatic carbocycles. The van der Waals surface area contributed by atoms with Gasteiger partial charge in [0.1, 0.15) is 5.75 Å². The van der Waals surface area contributed by atoms with Crippen LogP contribution in [-0.4, -0.2) is 33.3 Å². The van der Waals surface area contributed by atoms with Gasteiger partial charge in [0, 0.05) is 30.1 Å². The number of pyridine rings is 1. The fourth-order valence-electron chi connectivity index (χ4n) is 2.82. The summed E-state index contributed by atoms with van der Waals surface area (Å²) in [6, 6.07) is 10.9. The molecule has 0 radical (unpaired) electrons. The lowest BCUT2D eigenvalue weighted by molar-refractivity contribution is -0.159. The van der Waals surface area contributed by atoms with Gasteiger partial charge in [0.2, 0.25) is 0 Å². The Hall–Kier alpha value is -2.73. The molecule has 130 valence electrons. The van der Waals surface area contributed by atoms with Crippen molar-refractivity contribution in [2.45, 2.75) is 32.4 Å². The quantitative estimate of drug-likeness (QED) is 0.908. The van der Waals surface area contributed by atoms with Crippen LogP contribution in [0.25, 0.3) is 0 Å². The third-order valence-corrected chi connectivity index (χ3v) is 4.26. The molecule has 0 aliphatic carbocycles. The number of ether oxygens (including phenoxy) is 1. The van der Waals surface area contributed by atoms with Crippen molar-refractivity contribution in [1.29, 1.82) is 0 Å². The van der Waals surface area contributed by atoms with Crippen LogP contribution in [0.5, 0.6) is 5.75 Å². The van der Waals surface area contributed by atoms with E-state index >= 15 is 0 Å². The molecule has 1 aliphatic heterocycles. The van der Waals surface area contributed by atoms with Crippen LogP contribution in [0.15, 0.2) is 53.9 Å². The second-order valence-corrected chi connectivity index (χ2v) is 6.01. The molecule has 2 aromatic rings. The van der Waals surface area contributed by atoms with Gasteiger partial charge in [0.05, 0.1) is 0 Å². The summed E-state index contributed by atoms with van der Waals surface area (Å²) < 4.78 is 5.62. The van der Waals surface area contributed by atoms with Gasteiger partial charge in [-0.3, -0.25) is 9.78 Å². The normalized spacial score (nSPS) is 19.6. The minimum Gasteiger partial charge on any atom is -0.483 e. The smallest absolute Gasteiger partial charge is 0.283 e. The van der Waals surface area contributed by atoms with Gasteiger partial charge in [0.15, 0.2) is 12.3 Å². The number of aliphatic hydroxyl groups is 1. The van der Waals surface area contributed by atoms with Crippen molar-refractivity contribution < 1.29 is 14.6 Å². The van der Waals surface area contributed by atoms with E-state index in [4.69, 9.17) is 4.74 Å². The van der Waals surface area contributed by atoms with Gasteiger partial charge in [-0.15, -0.1) is 0 Å². The third kappa shape index (κ3) is 3.39. The maximum Gasteiger partial charge on any atom is 0.283 e.